The van der Waals surface area contributed by atoms with Crippen molar-refractivity contribution in [3.8, 4) is 0 Å². The molecule has 0 unspecified atom stereocenters. The maximum atomic E-state index is 12.0. The summed E-state index contributed by atoms with van der Waals surface area (Å²) in [6.45, 7) is 1.09. The van der Waals surface area contributed by atoms with E-state index in [2.05, 4.69) is 0 Å². The summed E-state index contributed by atoms with van der Waals surface area (Å²) in [6.07, 6.45) is 0. The van der Waals surface area contributed by atoms with Crippen LogP contribution in [0.5, 0.6) is 0 Å². The molecule has 0 N–H and O–H groups in total. The second kappa shape index (κ2) is 3.56. The first kappa shape index (κ1) is 11.6. The second-order valence-electron chi connectivity index (χ2n) is 3.60. The monoisotopic (exact) mass is 254 g/mol. The maximum absolute atomic E-state index is 12.0. The number of aliphatic carboxylic acids is 1. The Hall–Kier alpha value is -1.89. The van der Waals surface area contributed by atoms with Crippen molar-refractivity contribution >= 4 is 21.9 Å². The summed E-state index contributed by atoms with van der Waals surface area (Å²) in [5.41, 5.74) is -0.0133. The van der Waals surface area contributed by atoms with Crippen molar-refractivity contribution in [3.63, 3.8) is 0 Å². The van der Waals surface area contributed by atoms with Crippen molar-refractivity contribution in [1.82, 2.24) is 4.31 Å². The van der Waals surface area contributed by atoms with Gasteiger partial charge in [0.05, 0.1) is 17.6 Å². The number of fused-ring (bicyclic) bond motifs is 1. The summed E-state index contributed by atoms with van der Waals surface area (Å²) in [6, 6.07) is 4.07. The van der Waals surface area contributed by atoms with E-state index in [-0.39, 0.29) is 10.5 Å². The van der Waals surface area contributed by atoms with Crippen LogP contribution >= 0.6 is 0 Å². The number of benzene rings is 1. The van der Waals surface area contributed by atoms with E-state index in [9.17, 15) is 23.1 Å². The van der Waals surface area contributed by atoms with Gasteiger partial charge in [0.2, 0.25) is 0 Å². The number of nitrogens with zero attached hydrogens (tertiary/aromatic N) is 1. The molecule has 0 spiro atoms. The highest BCUT2D eigenvalue weighted by Crippen LogP contribution is 2.31. The van der Waals surface area contributed by atoms with Crippen molar-refractivity contribution in [2.45, 2.75) is 17.9 Å². The van der Waals surface area contributed by atoms with Crippen LogP contribution in [0.2, 0.25) is 0 Å². The van der Waals surface area contributed by atoms with Gasteiger partial charge in [-0.1, -0.05) is 12.1 Å². The quantitative estimate of drug-likeness (QED) is 0.672. The Morgan fingerprint density at radius 3 is 2.47 bits per heavy atom. The van der Waals surface area contributed by atoms with Crippen molar-refractivity contribution in [2.24, 2.45) is 0 Å². The van der Waals surface area contributed by atoms with E-state index in [1.54, 1.807) is 0 Å². The summed E-state index contributed by atoms with van der Waals surface area (Å²) in [7, 11) is -4.08. The molecule has 1 aromatic rings. The first-order chi connectivity index (χ1) is 7.87. The molecule has 7 heteroatoms. The van der Waals surface area contributed by atoms with E-state index < -0.39 is 27.9 Å². The highest BCUT2D eigenvalue weighted by molar-refractivity contribution is 7.90. The molecule has 0 aliphatic carbocycles. The molecule has 0 radical (unpaired) electrons. The van der Waals surface area contributed by atoms with E-state index >= 15 is 0 Å². The molecule has 90 valence electrons. The molecule has 1 amide bonds. The molecule has 6 nitrogen and oxygen atoms in total. The topological polar surface area (TPSA) is 94.6 Å². The van der Waals surface area contributed by atoms with Gasteiger partial charge in [-0.3, -0.25) is 4.79 Å². The number of hydrogen-bond donors (Lipinski definition) is 0. The minimum atomic E-state index is -4.08. The van der Waals surface area contributed by atoms with Crippen molar-refractivity contribution in [2.75, 3.05) is 0 Å². The summed E-state index contributed by atoms with van der Waals surface area (Å²) >= 11 is 0. The van der Waals surface area contributed by atoms with Gasteiger partial charge in [-0.05, 0) is 19.1 Å². The molecule has 0 fully saturated rings. The Kier molecular flexibility index (Phi) is 2.43. The Bertz CT molecular complexity index is 607. The van der Waals surface area contributed by atoms with Crippen LogP contribution in [0.4, 0.5) is 0 Å². The first-order valence-corrected chi connectivity index (χ1v) is 6.20. The van der Waals surface area contributed by atoms with Crippen molar-refractivity contribution < 1.29 is 23.1 Å². The van der Waals surface area contributed by atoms with E-state index in [1.807, 2.05) is 0 Å². The van der Waals surface area contributed by atoms with Crippen LogP contribution in [0.25, 0.3) is 0 Å². The highest BCUT2D eigenvalue weighted by Gasteiger charge is 2.43. The molecule has 17 heavy (non-hydrogen) atoms. The average Bonchev–Trinajstić information content (AvgIpc) is 2.47. The molecule has 0 bridgehead atoms. The highest BCUT2D eigenvalue weighted by atomic mass is 32.2. The second-order valence-corrected chi connectivity index (χ2v) is 5.38. The fourth-order valence-corrected chi connectivity index (χ4v) is 3.40. The third kappa shape index (κ3) is 1.50. The standard InChI is InChI=1S/C10H9NO5S/c1-6(10(13)14)11-9(12)7-4-2-3-5-8(7)17(11,15)16/h2-6H,1H3,(H,13,14)/p-1/t6-/m1/s1. The number of hydrogen-bond acceptors (Lipinski definition) is 5. The molecule has 0 saturated heterocycles. The Morgan fingerprint density at radius 1 is 1.35 bits per heavy atom. The third-order valence-corrected chi connectivity index (χ3v) is 4.46. The summed E-state index contributed by atoms with van der Waals surface area (Å²) in [5, 5.41) is 10.7. The lowest BCUT2D eigenvalue weighted by molar-refractivity contribution is -0.309. The van der Waals surface area contributed by atoms with Gasteiger partial charge in [0.25, 0.3) is 15.9 Å². The van der Waals surface area contributed by atoms with Crippen molar-refractivity contribution in [1.29, 1.82) is 0 Å². The van der Waals surface area contributed by atoms with Gasteiger partial charge in [-0.2, -0.15) is 0 Å². The van der Waals surface area contributed by atoms with Gasteiger partial charge in [-0.15, -0.1) is 0 Å². The van der Waals surface area contributed by atoms with Crippen LogP contribution in [-0.4, -0.2) is 30.6 Å². The number of carboxylic acids is 1. The van der Waals surface area contributed by atoms with Crippen LogP contribution in [0.15, 0.2) is 29.2 Å². The zero-order valence-electron chi connectivity index (χ0n) is 8.78. The lowest BCUT2D eigenvalue weighted by Crippen LogP contribution is -2.48. The predicted molar refractivity (Wildman–Crippen MR) is 54.3 cm³/mol. The molecule has 2 rings (SSSR count). The Morgan fingerprint density at radius 2 is 1.94 bits per heavy atom. The molecule has 1 aliphatic rings. The summed E-state index contributed by atoms with van der Waals surface area (Å²) in [5.74, 6) is -2.45. The van der Waals surface area contributed by atoms with Crippen LogP contribution < -0.4 is 5.11 Å². The van der Waals surface area contributed by atoms with Gasteiger partial charge in [0, 0.05) is 0 Å². The fourth-order valence-electron chi connectivity index (χ4n) is 1.68. The number of carbonyl (C=O) groups is 2. The number of rotatable bonds is 2. The SMILES string of the molecule is C[C@H](C(=O)[O-])N1C(=O)c2ccccc2S1(=O)=O. The van der Waals surface area contributed by atoms with Gasteiger partial charge < -0.3 is 9.90 Å². The molecular weight excluding hydrogens is 246 g/mol. The van der Waals surface area contributed by atoms with Gasteiger partial charge in [0.1, 0.15) is 4.90 Å². The number of carboxylic acid groups (broad SMARTS) is 1. The Balaban J connectivity index is 2.63. The zero-order chi connectivity index (χ0) is 12.8. The largest absolute Gasteiger partial charge is 0.548 e. The molecule has 0 aromatic heterocycles. The lowest BCUT2D eigenvalue weighted by Gasteiger charge is -2.23. The maximum Gasteiger partial charge on any atom is 0.269 e. The van der Waals surface area contributed by atoms with E-state index in [0.29, 0.717) is 4.31 Å². The molecule has 0 saturated carbocycles. The number of sulfonamides is 1. The first-order valence-electron chi connectivity index (χ1n) is 4.76. The van der Waals surface area contributed by atoms with Crippen LogP contribution in [-0.2, 0) is 14.8 Å². The van der Waals surface area contributed by atoms with Gasteiger partial charge in [0.15, 0.2) is 0 Å². The van der Waals surface area contributed by atoms with Crippen LogP contribution in [0, 0.1) is 0 Å². The molecule has 1 atom stereocenters. The van der Waals surface area contributed by atoms with Gasteiger partial charge >= 0.3 is 0 Å². The summed E-state index contributed by atoms with van der Waals surface area (Å²) in [4.78, 5) is 22.3. The van der Waals surface area contributed by atoms with E-state index in [0.717, 1.165) is 6.92 Å². The smallest absolute Gasteiger partial charge is 0.269 e. The van der Waals surface area contributed by atoms with Crippen LogP contribution in [0.3, 0.4) is 0 Å². The average molecular weight is 254 g/mol. The number of amides is 1. The summed E-state index contributed by atoms with van der Waals surface area (Å²) < 4.78 is 24.2. The number of carbonyl (C=O) groups excluding carboxylic acids is 2. The zero-order valence-corrected chi connectivity index (χ0v) is 9.60. The fraction of sp³-hybridized carbons (Fsp3) is 0.200. The van der Waals surface area contributed by atoms with Gasteiger partial charge in [-0.25, -0.2) is 12.7 Å². The van der Waals surface area contributed by atoms with E-state index in [1.165, 1.54) is 24.3 Å². The minimum Gasteiger partial charge on any atom is -0.548 e. The molecule has 1 aliphatic heterocycles. The normalized spacial score (nSPS) is 18.9. The van der Waals surface area contributed by atoms with Crippen molar-refractivity contribution in [3.05, 3.63) is 29.8 Å². The lowest BCUT2D eigenvalue weighted by atomic mass is 10.2. The molecule has 1 heterocycles. The third-order valence-electron chi connectivity index (χ3n) is 2.55. The van der Waals surface area contributed by atoms with E-state index in [4.69, 9.17) is 0 Å². The molecular formula is C10H8NO5S-. The molecule has 1 aromatic carbocycles. The Labute approximate surface area is 97.5 Å². The minimum absolute atomic E-state index is 0.0133. The predicted octanol–water partition coefficient (Wildman–Crippen LogP) is -1.03. The van der Waals surface area contributed by atoms with Crippen LogP contribution in [0.1, 0.15) is 17.3 Å².